The summed E-state index contributed by atoms with van der Waals surface area (Å²) in [5.41, 5.74) is 6.98. The molecule has 0 aliphatic carbocycles. The molecule has 0 unspecified atom stereocenters. The number of hydrogen-bond donors (Lipinski definition) is 1. The predicted molar refractivity (Wildman–Crippen MR) is 117 cm³/mol. The van der Waals surface area contributed by atoms with E-state index in [-0.39, 0.29) is 42.9 Å². The van der Waals surface area contributed by atoms with Crippen LogP contribution in [0.4, 0.5) is 0 Å². The van der Waals surface area contributed by atoms with Gasteiger partial charge in [-0.05, 0) is 25.5 Å². The number of ether oxygens (including phenoxy) is 1. The zero-order valence-electron chi connectivity index (χ0n) is 16.7. The summed E-state index contributed by atoms with van der Waals surface area (Å²) >= 11 is 0. The SMILES string of the molecule is CN(CCN1CCN(C(=O)[C@@H]2CC[C@H](CN)O2)CC1)Cc1ccccc1.Cl.Cl. The van der Waals surface area contributed by atoms with E-state index in [2.05, 4.69) is 47.2 Å². The first kappa shape index (κ1) is 25.1. The van der Waals surface area contributed by atoms with Crippen LogP contribution < -0.4 is 5.73 Å². The van der Waals surface area contributed by atoms with Gasteiger partial charge in [-0.3, -0.25) is 9.69 Å². The number of amides is 1. The van der Waals surface area contributed by atoms with Gasteiger partial charge in [0.15, 0.2) is 0 Å². The second kappa shape index (κ2) is 12.6. The second-order valence-corrected chi connectivity index (χ2v) is 7.45. The van der Waals surface area contributed by atoms with Gasteiger partial charge in [-0.15, -0.1) is 24.8 Å². The van der Waals surface area contributed by atoms with E-state index < -0.39 is 0 Å². The molecule has 0 saturated carbocycles. The fraction of sp³-hybridized carbons (Fsp3) is 0.650. The van der Waals surface area contributed by atoms with Crippen LogP contribution in [0.25, 0.3) is 0 Å². The van der Waals surface area contributed by atoms with Crippen LogP contribution in [0.1, 0.15) is 18.4 Å². The lowest BCUT2D eigenvalue weighted by atomic mass is 10.1. The molecule has 0 spiro atoms. The van der Waals surface area contributed by atoms with Gasteiger partial charge in [0.05, 0.1) is 6.10 Å². The number of carbonyl (C=O) groups excluding carboxylic acids is 1. The Hall–Kier alpha value is -0.890. The van der Waals surface area contributed by atoms with Gasteiger partial charge in [-0.2, -0.15) is 0 Å². The highest BCUT2D eigenvalue weighted by molar-refractivity contribution is 5.85. The third-order valence-corrected chi connectivity index (χ3v) is 5.42. The van der Waals surface area contributed by atoms with E-state index in [4.69, 9.17) is 10.5 Å². The molecule has 6 nitrogen and oxygen atoms in total. The molecule has 1 aromatic rings. The van der Waals surface area contributed by atoms with E-state index in [9.17, 15) is 4.79 Å². The number of halogens is 2. The number of piperazine rings is 1. The van der Waals surface area contributed by atoms with Gasteiger partial charge in [0.2, 0.25) is 0 Å². The number of benzene rings is 1. The number of nitrogens with two attached hydrogens (primary N) is 1. The summed E-state index contributed by atoms with van der Waals surface area (Å²) in [5, 5.41) is 0. The smallest absolute Gasteiger partial charge is 0.251 e. The van der Waals surface area contributed by atoms with Crippen LogP contribution in [-0.4, -0.2) is 85.7 Å². The molecule has 0 radical (unpaired) electrons. The van der Waals surface area contributed by atoms with Crippen LogP contribution in [0.15, 0.2) is 30.3 Å². The molecule has 2 aliphatic rings. The van der Waals surface area contributed by atoms with Crippen LogP contribution in [0.2, 0.25) is 0 Å². The highest BCUT2D eigenvalue weighted by Gasteiger charge is 2.33. The van der Waals surface area contributed by atoms with Gasteiger partial charge in [0.1, 0.15) is 6.10 Å². The Labute approximate surface area is 181 Å². The molecule has 2 fully saturated rings. The van der Waals surface area contributed by atoms with Gasteiger partial charge >= 0.3 is 0 Å². The molecule has 3 rings (SSSR count). The van der Waals surface area contributed by atoms with Crippen molar-refractivity contribution in [3.05, 3.63) is 35.9 Å². The number of rotatable bonds is 7. The molecule has 2 atom stereocenters. The highest BCUT2D eigenvalue weighted by Crippen LogP contribution is 2.21. The number of likely N-dealkylation sites (N-methyl/N-ethyl adjacent to an activating group) is 1. The molecule has 2 saturated heterocycles. The van der Waals surface area contributed by atoms with Gasteiger partial charge < -0.3 is 20.3 Å². The van der Waals surface area contributed by atoms with Crippen molar-refractivity contribution >= 4 is 30.7 Å². The van der Waals surface area contributed by atoms with Crippen molar-refractivity contribution in [2.24, 2.45) is 5.73 Å². The molecular weight excluding hydrogens is 399 g/mol. The normalized spacial score (nSPS) is 22.6. The summed E-state index contributed by atoms with van der Waals surface area (Å²) < 4.78 is 5.75. The van der Waals surface area contributed by atoms with Gasteiger partial charge in [-0.25, -0.2) is 0 Å². The topological polar surface area (TPSA) is 62.0 Å². The van der Waals surface area contributed by atoms with Crippen molar-refractivity contribution < 1.29 is 9.53 Å². The molecule has 1 amide bonds. The maximum atomic E-state index is 12.6. The monoisotopic (exact) mass is 432 g/mol. The van der Waals surface area contributed by atoms with Crippen LogP contribution >= 0.6 is 24.8 Å². The zero-order chi connectivity index (χ0) is 18.4. The Bertz CT molecular complexity index is 571. The summed E-state index contributed by atoms with van der Waals surface area (Å²) in [7, 11) is 2.16. The summed E-state index contributed by atoms with van der Waals surface area (Å²) in [6.07, 6.45) is 1.50. The Morgan fingerprint density at radius 3 is 2.43 bits per heavy atom. The van der Waals surface area contributed by atoms with Crippen molar-refractivity contribution in [2.45, 2.75) is 31.6 Å². The largest absolute Gasteiger partial charge is 0.364 e. The maximum Gasteiger partial charge on any atom is 0.251 e. The quantitative estimate of drug-likeness (QED) is 0.708. The lowest BCUT2D eigenvalue weighted by molar-refractivity contribution is -0.144. The Morgan fingerprint density at radius 1 is 1.14 bits per heavy atom. The molecule has 28 heavy (non-hydrogen) atoms. The van der Waals surface area contributed by atoms with E-state index in [0.29, 0.717) is 6.54 Å². The average molecular weight is 433 g/mol. The first-order chi connectivity index (χ1) is 12.7. The van der Waals surface area contributed by atoms with E-state index in [1.54, 1.807) is 0 Å². The number of hydrogen-bond acceptors (Lipinski definition) is 5. The Balaban J connectivity index is 0.00000196. The van der Waals surface area contributed by atoms with E-state index >= 15 is 0 Å². The number of nitrogens with zero attached hydrogens (tertiary/aromatic N) is 3. The maximum absolute atomic E-state index is 12.6. The van der Waals surface area contributed by atoms with Crippen molar-refractivity contribution in [1.82, 2.24) is 14.7 Å². The minimum atomic E-state index is -0.271. The lowest BCUT2D eigenvalue weighted by Crippen LogP contribution is -2.52. The van der Waals surface area contributed by atoms with Gasteiger partial charge in [-0.1, -0.05) is 30.3 Å². The third kappa shape index (κ3) is 7.17. The van der Waals surface area contributed by atoms with Gasteiger partial charge in [0.25, 0.3) is 5.91 Å². The minimum Gasteiger partial charge on any atom is -0.364 e. The summed E-state index contributed by atoms with van der Waals surface area (Å²) in [4.78, 5) is 19.3. The van der Waals surface area contributed by atoms with Crippen LogP contribution in [0.3, 0.4) is 0 Å². The summed E-state index contributed by atoms with van der Waals surface area (Å²) in [6, 6.07) is 10.6. The minimum absolute atomic E-state index is 0. The third-order valence-electron chi connectivity index (χ3n) is 5.42. The summed E-state index contributed by atoms with van der Waals surface area (Å²) in [6.45, 7) is 7.04. The molecule has 8 heteroatoms. The Kier molecular flexibility index (Phi) is 11.3. The molecule has 2 heterocycles. The number of carbonyl (C=O) groups is 1. The van der Waals surface area contributed by atoms with Crippen LogP contribution in [-0.2, 0) is 16.1 Å². The van der Waals surface area contributed by atoms with Crippen molar-refractivity contribution in [3.63, 3.8) is 0 Å². The Morgan fingerprint density at radius 2 is 1.82 bits per heavy atom. The molecule has 2 N–H and O–H groups in total. The predicted octanol–water partition coefficient (Wildman–Crippen LogP) is 1.61. The second-order valence-electron chi connectivity index (χ2n) is 7.45. The van der Waals surface area contributed by atoms with Crippen LogP contribution in [0, 0.1) is 0 Å². The van der Waals surface area contributed by atoms with Crippen molar-refractivity contribution in [3.8, 4) is 0 Å². The molecule has 160 valence electrons. The van der Waals surface area contributed by atoms with E-state index in [1.165, 1.54) is 5.56 Å². The standard InChI is InChI=1S/C20H32N4O2.2ClH/c1-22(16-17-5-3-2-4-6-17)9-10-23-11-13-24(14-12-23)20(25)19-8-7-18(15-21)26-19;;/h2-6,18-19H,7-16,21H2,1H3;2*1H/t18-,19+;;/m1../s1. The van der Waals surface area contributed by atoms with E-state index in [1.807, 2.05) is 4.90 Å². The fourth-order valence-electron chi connectivity index (χ4n) is 3.74. The first-order valence-corrected chi connectivity index (χ1v) is 9.75. The van der Waals surface area contributed by atoms with Crippen LogP contribution in [0.5, 0.6) is 0 Å². The zero-order valence-corrected chi connectivity index (χ0v) is 18.3. The first-order valence-electron chi connectivity index (χ1n) is 9.75. The molecule has 0 aromatic heterocycles. The molecule has 2 aliphatic heterocycles. The molecule has 1 aromatic carbocycles. The molecule has 0 bridgehead atoms. The lowest BCUT2D eigenvalue weighted by Gasteiger charge is -2.36. The van der Waals surface area contributed by atoms with E-state index in [0.717, 1.165) is 58.7 Å². The van der Waals surface area contributed by atoms with Gasteiger partial charge in [0, 0.05) is 52.4 Å². The van der Waals surface area contributed by atoms with Crippen molar-refractivity contribution in [2.75, 3.05) is 52.9 Å². The summed E-state index contributed by atoms with van der Waals surface area (Å²) in [5.74, 6) is 0.154. The highest BCUT2D eigenvalue weighted by atomic mass is 35.5. The molecular formula is C20H34Cl2N4O2. The average Bonchev–Trinajstić information content (AvgIpc) is 3.16. The fourth-order valence-corrected chi connectivity index (χ4v) is 3.74. The van der Waals surface area contributed by atoms with Crippen molar-refractivity contribution in [1.29, 1.82) is 0 Å².